The number of aliphatic hydroxyl groups is 5. The number of amides is 1. The lowest BCUT2D eigenvalue weighted by Gasteiger charge is -2.40. The van der Waals surface area contributed by atoms with Gasteiger partial charge in [0.1, 0.15) is 24.4 Å². The van der Waals surface area contributed by atoms with E-state index < -0.39 is 49.5 Å². The molecule has 1 saturated heterocycles. The molecular formula is C73H125NO8. The number of hydrogen-bond acceptors (Lipinski definition) is 8. The van der Waals surface area contributed by atoms with E-state index in [-0.39, 0.29) is 12.5 Å². The molecule has 1 heterocycles. The van der Waals surface area contributed by atoms with Crippen LogP contribution in [0.5, 0.6) is 0 Å². The van der Waals surface area contributed by atoms with Crippen molar-refractivity contribution >= 4 is 5.91 Å². The first-order valence-corrected chi connectivity index (χ1v) is 33.8. The molecule has 9 nitrogen and oxygen atoms in total. The van der Waals surface area contributed by atoms with E-state index in [9.17, 15) is 30.3 Å². The van der Waals surface area contributed by atoms with E-state index in [1.165, 1.54) is 148 Å². The quantitative estimate of drug-likeness (QED) is 0.0261. The van der Waals surface area contributed by atoms with Gasteiger partial charge in [-0.1, -0.05) is 302 Å². The minimum atomic E-state index is -1.57. The first kappa shape index (κ1) is 76.6. The van der Waals surface area contributed by atoms with Crippen molar-refractivity contribution in [2.75, 3.05) is 13.2 Å². The largest absolute Gasteiger partial charge is 0.394 e. The Balaban J connectivity index is 2.17. The second-order valence-electron chi connectivity index (χ2n) is 22.9. The van der Waals surface area contributed by atoms with Gasteiger partial charge in [-0.25, -0.2) is 0 Å². The van der Waals surface area contributed by atoms with Crippen LogP contribution in [-0.4, -0.2) is 87.5 Å². The Hall–Kier alpha value is -3.41. The van der Waals surface area contributed by atoms with Gasteiger partial charge in [0, 0.05) is 6.42 Å². The predicted molar refractivity (Wildman–Crippen MR) is 350 cm³/mol. The summed E-state index contributed by atoms with van der Waals surface area (Å²) in [6.07, 6.45) is 84.2. The Bertz CT molecular complexity index is 1710. The van der Waals surface area contributed by atoms with E-state index in [0.717, 1.165) is 109 Å². The van der Waals surface area contributed by atoms with Gasteiger partial charge in [0.2, 0.25) is 5.91 Å². The van der Waals surface area contributed by atoms with Crippen molar-refractivity contribution in [3.05, 3.63) is 122 Å². The summed E-state index contributed by atoms with van der Waals surface area (Å²) in [6, 6.07) is -0.818. The van der Waals surface area contributed by atoms with Crippen LogP contribution in [0, 0.1) is 0 Å². The predicted octanol–water partition coefficient (Wildman–Crippen LogP) is 18.2. The van der Waals surface area contributed by atoms with E-state index in [1.54, 1.807) is 6.08 Å². The van der Waals surface area contributed by atoms with Crippen molar-refractivity contribution in [1.29, 1.82) is 0 Å². The number of rotatable bonds is 57. The number of aliphatic hydroxyl groups excluding tert-OH is 5. The molecule has 0 aromatic carbocycles. The van der Waals surface area contributed by atoms with Crippen molar-refractivity contribution in [3.63, 3.8) is 0 Å². The van der Waals surface area contributed by atoms with Gasteiger partial charge in [0.25, 0.3) is 0 Å². The fourth-order valence-electron chi connectivity index (χ4n) is 10.0. The minimum absolute atomic E-state index is 0.186. The molecule has 7 unspecified atom stereocenters. The number of nitrogens with one attached hydrogen (secondary N) is 1. The third kappa shape index (κ3) is 48.9. The Kier molecular flexibility index (Phi) is 56.7. The summed E-state index contributed by atoms with van der Waals surface area (Å²) in [5.74, 6) is -0.186. The number of carbonyl (C=O) groups is 1. The van der Waals surface area contributed by atoms with Gasteiger partial charge in [-0.05, 0) is 89.9 Å². The summed E-state index contributed by atoms with van der Waals surface area (Å²) < 4.78 is 11.3. The van der Waals surface area contributed by atoms with Gasteiger partial charge >= 0.3 is 0 Å². The van der Waals surface area contributed by atoms with Crippen LogP contribution >= 0.6 is 0 Å². The highest BCUT2D eigenvalue weighted by Crippen LogP contribution is 2.23. The zero-order valence-corrected chi connectivity index (χ0v) is 52.5. The third-order valence-corrected chi connectivity index (χ3v) is 15.3. The Morgan fingerprint density at radius 3 is 1.12 bits per heavy atom. The third-order valence-electron chi connectivity index (χ3n) is 15.3. The van der Waals surface area contributed by atoms with Crippen LogP contribution in [-0.2, 0) is 14.3 Å². The van der Waals surface area contributed by atoms with Crippen molar-refractivity contribution in [2.45, 2.75) is 320 Å². The molecule has 0 radical (unpaired) electrons. The summed E-state index contributed by atoms with van der Waals surface area (Å²) >= 11 is 0. The van der Waals surface area contributed by atoms with Gasteiger partial charge in [-0.3, -0.25) is 4.79 Å². The van der Waals surface area contributed by atoms with Gasteiger partial charge in [0.15, 0.2) is 6.29 Å². The van der Waals surface area contributed by atoms with Crippen LogP contribution in [0.2, 0.25) is 0 Å². The molecule has 7 atom stereocenters. The summed E-state index contributed by atoms with van der Waals surface area (Å²) in [7, 11) is 0. The number of allylic oxidation sites excluding steroid dienone is 19. The molecule has 82 heavy (non-hydrogen) atoms. The average molecular weight is 1140 g/mol. The van der Waals surface area contributed by atoms with Crippen LogP contribution in [0.25, 0.3) is 0 Å². The molecule has 1 aliphatic heterocycles. The molecular weight excluding hydrogens is 1020 g/mol. The second-order valence-corrected chi connectivity index (χ2v) is 22.9. The molecule has 1 rings (SSSR count). The monoisotopic (exact) mass is 1140 g/mol. The molecule has 470 valence electrons. The van der Waals surface area contributed by atoms with Gasteiger partial charge in [-0.2, -0.15) is 0 Å². The molecule has 9 heteroatoms. The van der Waals surface area contributed by atoms with Crippen molar-refractivity contribution in [3.8, 4) is 0 Å². The standard InChI is InChI=1S/C73H125NO8/c1-3-5-7-9-11-13-15-17-19-21-23-25-27-28-29-30-31-32-33-34-35-36-37-38-39-40-41-43-45-47-49-51-53-55-57-59-61-63-69(77)74-66(65-81-73-72(80)71(79)70(78)68(64-75)82-73)67(76)62-60-58-56-54-52-50-48-46-44-42-26-24-22-20-18-16-14-12-10-8-6-4-2/h5,7,11,13,17,19,23,25,28-29,31-32,34-35,37-38,40-41,60,62,66-68,70-73,75-76,78-80H,3-4,6,8-10,12,14-16,18,20-22,24,26-27,30,33,36,39,42-59,61,63-65H2,1-2H3,(H,74,77)/b7-5-,13-11-,19-17-,25-23-,29-28-,32-31-,35-34-,38-37-,41-40-,62-60+. The highest BCUT2D eigenvalue weighted by atomic mass is 16.7. The van der Waals surface area contributed by atoms with E-state index in [1.807, 2.05) is 6.08 Å². The number of unbranched alkanes of at least 4 members (excludes halogenated alkanes) is 29. The lowest BCUT2D eigenvalue weighted by Crippen LogP contribution is -2.60. The van der Waals surface area contributed by atoms with Crippen LogP contribution in [0.3, 0.4) is 0 Å². The normalized spacial score (nSPS) is 19.1. The molecule has 0 bridgehead atoms. The fourth-order valence-corrected chi connectivity index (χ4v) is 10.0. The van der Waals surface area contributed by atoms with Crippen LogP contribution in [0.15, 0.2) is 122 Å². The molecule has 0 saturated carbocycles. The topological polar surface area (TPSA) is 149 Å². The first-order chi connectivity index (χ1) is 40.3. The molecule has 6 N–H and O–H groups in total. The molecule has 0 aliphatic carbocycles. The first-order valence-electron chi connectivity index (χ1n) is 33.8. The van der Waals surface area contributed by atoms with Crippen molar-refractivity contribution in [1.82, 2.24) is 5.32 Å². The summed E-state index contributed by atoms with van der Waals surface area (Å²) in [6.45, 7) is 3.68. The molecule has 0 aromatic heterocycles. The molecule has 0 aromatic rings. The lowest BCUT2D eigenvalue weighted by molar-refractivity contribution is -0.302. The maximum absolute atomic E-state index is 13.1. The van der Waals surface area contributed by atoms with Gasteiger partial charge in [-0.15, -0.1) is 0 Å². The zero-order valence-electron chi connectivity index (χ0n) is 52.5. The lowest BCUT2D eigenvalue weighted by atomic mass is 9.99. The molecule has 1 aliphatic rings. The highest BCUT2D eigenvalue weighted by molar-refractivity contribution is 5.76. The second kappa shape index (κ2) is 60.7. The Morgan fingerprint density at radius 1 is 0.427 bits per heavy atom. The fraction of sp³-hybridized carbons (Fsp3) is 0.712. The summed E-state index contributed by atoms with van der Waals surface area (Å²) in [5.41, 5.74) is 0. The van der Waals surface area contributed by atoms with E-state index >= 15 is 0 Å². The maximum Gasteiger partial charge on any atom is 0.220 e. The number of ether oxygens (including phenoxy) is 2. The van der Waals surface area contributed by atoms with E-state index in [4.69, 9.17) is 9.47 Å². The van der Waals surface area contributed by atoms with E-state index in [2.05, 4.69) is 129 Å². The van der Waals surface area contributed by atoms with Crippen LogP contribution < -0.4 is 5.32 Å². The number of carbonyl (C=O) groups excluding carboxylic acids is 1. The van der Waals surface area contributed by atoms with Crippen molar-refractivity contribution < 1.29 is 39.8 Å². The Labute approximate surface area is 503 Å². The zero-order chi connectivity index (χ0) is 59.3. The highest BCUT2D eigenvalue weighted by Gasteiger charge is 2.44. The smallest absolute Gasteiger partial charge is 0.220 e. The van der Waals surface area contributed by atoms with Gasteiger partial charge < -0.3 is 40.3 Å². The average Bonchev–Trinajstić information content (AvgIpc) is 3.59. The van der Waals surface area contributed by atoms with Crippen LogP contribution in [0.1, 0.15) is 277 Å². The Morgan fingerprint density at radius 2 is 0.756 bits per heavy atom. The van der Waals surface area contributed by atoms with Crippen molar-refractivity contribution in [2.24, 2.45) is 0 Å². The number of hydrogen-bond donors (Lipinski definition) is 6. The minimum Gasteiger partial charge on any atom is -0.394 e. The van der Waals surface area contributed by atoms with Crippen LogP contribution in [0.4, 0.5) is 0 Å². The van der Waals surface area contributed by atoms with Gasteiger partial charge in [0.05, 0.1) is 25.4 Å². The molecule has 0 spiro atoms. The van der Waals surface area contributed by atoms with E-state index in [0.29, 0.717) is 6.42 Å². The SMILES string of the molecule is CC/C=C\C/C=C\C/C=C\C/C=C\C/C=C\C/C=C\C/C=C\C/C=C\C/C=C\CCCCCCCCCCCC(=O)NC(COC1OC(CO)C(O)C(O)C1O)C(O)/C=C/CCCCCCCCCCCCCCCCCCCCCC. The molecule has 1 amide bonds. The summed E-state index contributed by atoms with van der Waals surface area (Å²) in [4.78, 5) is 13.1. The maximum atomic E-state index is 13.1. The summed E-state index contributed by atoms with van der Waals surface area (Å²) in [5, 5.41) is 54.7. The molecule has 1 fully saturated rings.